The van der Waals surface area contributed by atoms with E-state index in [9.17, 15) is 4.39 Å². The van der Waals surface area contributed by atoms with Gasteiger partial charge in [0.1, 0.15) is 12.0 Å². The number of fused-ring (bicyclic) bond motifs is 1. The molecule has 0 amide bonds. The smallest absolute Gasteiger partial charge is 0.320 e. The lowest BCUT2D eigenvalue weighted by atomic mass is 9.85. The van der Waals surface area contributed by atoms with Crippen LogP contribution in [0.3, 0.4) is 0 Å². The first-order valence-corrected chi connectivity index (χ1v) is 11.2. The lowest BCUT2D eigenvalue weighted by molar-refractivity contribution is 0.0529. The van der Waals surface area contributed by atoms with Crippen LogP contribution in [0.5, 0.6) is 6.01 Å². The predicted octanol–water partition coefficient (Wildman–Crippen LogP) is 2.77. The van der Waals surface area contributed by atoms with Crippen molar-refractivity contribution in [3.63, 3.8) is 0 Å². The highest BCUT2D eigenvalue weighted by molar-refractivity contribution is 5.82. The first kappa shape index (κ1) is 21.1. The molecule has 2 aromatic heterocycles. The molecule has 0 spiro atoms. The van der Waals surface area contributed by atoms with E-state index in [-0.39, 0.29) is 18.0 Å². The number of nitrogens with one attached hydrogen (secondary N) is 1. The number of rotatable bonds is 4. The van der Waals surface area contributed by atoms with Gasteiger partial charge in [0.2, 0.25) is 0 Å². The molecule has 3 unspecified atom stereocenters. The van der Waals surface area contributed by atoms with E-state index in [0.29, 0.717) is 19.0 Å². The van der Waals surface area contributed by atoms with Crippen molar-refractivity contribution in [1.82, 2.24) is 25.1 Å². The van der Waals surface area contributed by atoms with Crippen LogP contribution in [0.2, 0.25) is 0 Å². The number of methoxy groups -OCH3 is 1. The van der Waals surface area contributed by atoms with E-state index in [2.05, 4.69) is 44.3 Å². The number of alkyl halides is 1. The van der Waals surface area contributed by atoms with Crippen molar-refractivity contribution in [3.8, 4) is 11.8 Å². The Hall–Kier alpha value is -2.78. The van der Waals surface area contributed by atoms with Crippen LogP contribution in [0.4, 0.5) is 10.2 Å². The van der Waals surface area contributed by atoms with Gasteiger partial charge in [0.25, 0.3) is 0 Å². The first-order valence-electron chi connectivity index (χ1n) is 11.2. The SMILES string of the molecule is COc1nc(N2CCOC(C)C2)cc(-n2ncc3cc(C)c(C4CCNCC4F)cc32)n1. The van der Waals surface area contributed by atoms with Crippen molar-refractivity contribution in [2.75, 3.05) is 44.8 Å². The van der Waals surface area contributed by atoms with Gasteiger partial charge in [-0.2, -0.15) is 15.1 Å². The number of morpholine rings is 1. The Morgan fingerprint density at radius 1 is 1.22 bits per heavy atom. The highest BCUT2D eigenvalue weighted by Crippen LogP contribution is 2.33. The van der Waals surface area contributed by atoms with E-state index in [4.69, 9.17) is 9.47 Å². The minimum Gasteiger partial charge on any atom is -0.467 e. The van der Waals surface area contributed by atoms with E-state index in [0.717, 1.165) is 53.9 Å². The summed E-state index contributed by atoms with van der Waals surface area (Å²) in [5.74, 6) is 1.28. The molecule has 1 aromatic carbocycles. The molecule has 2 aliphatic heterocycles. The Morgan fingerprint density at radius 3 is 2.84 bits per heavy atom. The molecule has 3 atom stereocenters. The van der Waals surface area contributed by atoms with Crippen LogP contribution >= 0.6 is 0 Å². The second-order valence-corrected chi connectivity index (χ2v) is 8.64. The van der Waals surface area contributed by atoms with E-state index in [1.165, 1.54) is 0 Å². The summed E-state index contributed by atoms with van der Waals surface area (Å²) < 4.78 is 27.6. The maximum Gasteiger partial charge on any atom is 0.320 e. The highest BCUT2D eigenvalue weighted by Gasteiger charge is 2.28. The number of nitrogens with zero attached hydrogens (tertiary/aromatic N) is 5. The molecule has 0 saturated carbocycles. The second kappa shape index (κ2) is 8.63. The van der Waals surface area contributed by atoms with Gasteiger partial charge in [0, 0.05) is 37.0 Å². The number of aryl methyl sites for hydroxylation is 1. The van der Waals surface area contributed by atoms with Crippen LogP contribution in [0.25, 0.3) is 16.7 Å². The number of halogens is 1. The largest absolute Gasteiger partial charge is 0.467 e. The number of anilines is 1. The molecule has 0 aliphatic carbocycles. The van der Waals surface area contributed by atoms with E-state index in [1.54, 1.807) is 11.8 Å². The van der Waals surface area contributed by atoms with Crippen molar-refractivity contribution in [3.05, 3.63) is 35.5 Å². The van der Waals surface area contributed by atoms with Crippen molar-refractivity contribution in [2.45, 2.75) is 38.5 Å². The quantitative estimate of drug-likeness (QED) is 0.668. The Morgan fingerprint density at radius 2 is 2.06 bits per heavy atom. The van der Waals surface area contributed by atoms with Crippen LogP contribution in [0.1, 0.15) is 30.4 Å². The Bertz CT molecular complexity index is 1120. The summed E-state index contributed by atoms with van der Waals surface area (Å²) in [5, 5.41) is 8.74. The summed E-state index contributed by atoms with van der Waals surface area (Å²) in [5.41, 5.74) is 3.03. The van der Waals surface area contributed by atoms with Gasteiger partial charge in [-0.3, -0.25) is 0 Å². The summed E-state index contributed by atoms with van der Waals surface area (Å²) in [6.07, 6.45) is 1.84. The minimum atomic E-state index is -0.898. The first-order chi connectivity index (χ1) is 15.5. The molecule has 2 aliphatic rings. The number of piperidine rings is 1. The Balaban J connectivity index is 1.58. The standard InChI is InChI=1S/C23H29FN6O2/c1-14-8-16-11-26-30(20(16)9-18(14)17-4-5-25-12-19(17)24)22-10-21(27-23(28-22)31-3)29-6-7-32-15(2)13-29/h8-11,15,17,19,25H,4-7,12-13H2,1-3H3. The molecular weight excluding hydrogens is 411 g/mol. The van der Waals surface area contributed by atoms with Gasteiger partial charge < -0.3 is 19.7 Å². The molecule has 4 heterocycles. The third-order valence-corrected chi connectivity index (χ3v) is 6.41. The van der Waals surface area contributed by atoms with E-state index >= 15 is 0 Å². The van der Waals surface area contributed by atoms with Gasteiger partial charge >= 0.3 is 6.01 Å². The third-order valence-electron chi connectivity index (χ3n) is 6.41. The van der Waals surface area contributed by atoms with Gasteiger partial charge in [-0.1, -0.05) is 0 Å². The molecule has 0 bridgehead atoms. The molecule has 1 N–H and O–H groups in total. The molecule has 5 rings (SSSR count). The van der Waals surface area contributed by atoms with Crippen molar-refractivity contribution < 1.29 is 13.9 Å². The second-order valence-electron chi connectivity index (χ2n) is 8.64. The zero-order valence-corrected chi connectivity index (χ0v) is 18.7. The lowest BCUT2D eigenvalue weighted by Crippen LogP contribution is -2.41. The monoisotopic (exact) mass is 440 g/mol. The number of benzene rings is 1. The zero-order valence-electron chi connectivity index (χ0n) is 18.7. The summed E-state index contributed by atoms with van der Waals surface area (Å²) in [7, 11) is 1.56. The number of hydrogen-bond acceptors (Lipinski definition) is 7. The van der Waals surface area contributed by atoms with Gasteiger partial charge in [0.05, 0.1) is 31.5 Å². The fourth-order valence-corrected chi connectivity index (χ4v) is 4.75. The summed E-state index contributed by atoms with van der Waals surface area (Å²) in [6, 6.07) is 6.38. The molecule has 8 nitrogen and oxygen atoms in total. The molecule has 170 valence electrons. The van der Waals surface area contributed by atoms with Crippen molar-refractivity contribution >= 4 is 16.7 Å². The predicted molar refractivity (Wildman–Crippen MR) is 121 cm³/mol. The molecule has 2 fully saturated rings. The lowest BCUT2D eigenvalue weighted by Gasteiger charge is -2.32. The average molecular weight is 441 g/mol. The fourth-order valence-electron chi connectivity index (χ4n) is 4.75. The van der Waals surface area contributed by atoms with E-state index in [1.807, 2.05) is 19.2 Å². The maximum atomic E-state index is 14.7. The zero-order chi connectivity index (χ0) is 22.2. The van der Waals surface area contributed by atoms with Gasteiger partial charge in [0.15, 0.2) is 5.82 Å². The van der Waals surface area contributed by atoms with Crippen LogP contribution in [0, 0.1) is 6.92 Å². The Kier molecular flexibility index (Phi) is 5.69. The van der Waals surface area contributed by atoms with Crippen molar-refractivity contribution in [1.29, 1.82) is 0 Å². The number of aromatic nitrogens is 4. The minimum absolute atomic E-state index is 0.116. The summed E-state index contributed by atoms with van der Waals surface area (Å²) in [6.45, 7) is 7.47. The highest BCUT2D eigenvalue weighted by atomic mass is 19.1. The molecule has 0 radical (unpaired) electrons. The molecule has 3 aromatic rings. The topological polar surface area (TPSA) is 77.3 Å². The number of ether oxygens (including phenoxy) is 2. The number of hydrogen-bond donors (Lipinski definition) is 1. The van der Waals surface area contributed by atoms with Gasteiger partial charge in [-0.05, 0) is 50.1 Å². The summed E-state index contributed by atoms with van der Waals surface area (Å²) in [4.78, 5) is 11.3. The van der Waals surface area contributed by atoms with Crippen LogP contribution in [-0.2, 0) is 4.74 Å². The summed E-state index contributed by atoms with van der Waals surface area (Å²) >= 11 is 0. The molecule has 32 heavy (non-hydrogen) atoms. The van der Waals surface area contributed by atoms with Gasteiger partial charge in [-0.25, -0.2) is 9.07 Å². The normalized spacial score (nSPS) is 24.1. The van der Waals surface area contributed by atoms with Crippen molar-refractivity contribution in [2.24, 2.45) is 0 Å². The van der Waals surface area contributed by atoms with Crippen LogP contribution in [-0.4, -0.2) is 71.9 Å². The van der Waals surface area contributed by atoms with Gasteiger partial charge in [-0.15, -0.1) is 0 Å². The Labute approximate surface area is 186 Å². The van der Waals surface area contributed by atoms with E-state index < -0.39 is 6.17 Å². The fraction of sp³-hybridized carbons (Fsp3) is 0.522. The maximum absolute atomic E-state index is 14.7. The third kappa shape index (κ3) is 3.91. The molecule has 9 heteroatoms. The van der Waals surface area contributed by atoms with Crippen LogP contribution in [0.15, 0.2) is 24.4 Å². The molecule has 2 saturated heterocycles. The van der Waals surface area contributed by atoms with Crippen LogP contribution < -0.4 is 15.0 Å². The molecular formula is C23H29FN6O2. The average Bonchev–Trinajstić information content (AvgIpc) is 3.21.